The maximum Gasteiger partial charge on any atom is 0.307 e. The SMILES string of the molecule is COc1ccc(CNC(=O)[C@H](C)OC(=O)C[C@@H]2C=CCC2)cc1. The molecule has 1 aliphatic carbocycles. The Bertz CT molecular complexity index is 565. The van der Waals surface area contributed by atoms with E-state index in [-0.39, 0.29) is 17.8 Å². The summed E-state index contributed by atoms with van der Waals surface area (Å²) in [5.41, 5.74) is 0.953. The van der Waals surface area contributed by atoms with Crippen LogP contribution in [0.1, 0.15) is 31.7 Å². The lowest BCUT2D eigenvalue weighted by Gasteiger charge is -2.15. The number of hydrogen-bond acceptors (Lipinski definition) is 4. The molecule has 1 aliphatic rings. The number of carbonyl (C=O) groups excluding carboxylic acids is 2. The highest BCUT2D eigenvalue weighted by Crippen LogP contribution is 2.21. The highest BCUT2D eigenvalue weighted by Gasteiger charge is 2.20. The van der Waals surface area contributed by atoms with Crippen molar-refractivity contribution in [3.05, 3.63) is 42.0 Å². The van der Waals surface area contributed by atoms with Gasteiger partial charge >= 0.3 is 5.97 Å². The van der Waals surface area contributed by atoms with E-state index in [2.05, 4.69) is 11.4 Å². The number of allylic oxidation sites excluding steroid dienone is 2. The molecule has 2 rings (SSSR count). The molecule has 0 bridgehead atoms. The summed E-state index contributed by atoms with van der Waals surface area (Å²) in [5, 5.41) is 2.76. The van der Waals surface area contributed by atoms with Gasteiger partial charge in [-0.1, -0.05) is 24.3 Å². The number of nitrogens with one attached hydrogen (secondary N) is 1. The van der Waals surface area contributed by atoms with Crippen LogP contribution in [-0.4, -0.2) is 25.1 Å². The van der Waals surface area contributed by atoms with Crippen LogP contribution >= 0.6 is 0 Å². The van der Waals surface area contributed by atoms with Crippen molar-refractivity contribution >= 4 is 11.9 Å². The molecule has 0 saturated heterocycles. The van der Waals surface area contributed by atoms with Gasteiger partial charge in [-0.05, 0) is 43.4 Å². The van der Waals surface area contributed by atoms with Gasteiger partial charge in [0.05, 0.1) is 13.5 Å². The van der Waals surface area contributed by atoms with E-state index >= 15 is 0 Å². The van der Waals surface area contributed by atoms with Crippen LogP contribution in [0.25, 0.3) is 0 Å². The molecule has 0 spiro atoms. The van der Waals surface area contributed by atoms with Gasteiger partial charge in [0, 0.05) is 6.54 Å². The lowest BCUT2D eigenvalue weighted by Crippen LogP contribution is -2.35. The number of hydrogen-bond donors (Lipinski definition) is 1. The molecule has 1 N–H and O–H groups in total. The second kappa shape index (κ2) is 8.36. The Morgan fingerprint density at radius 1 is 1.30 bits per heavy atom. The predicted molar refractivity (Wildman–Crippen MR) is 86.9 cm³/mol. The molecule has 1 aromatic carbocycles. The van der Waals surface area contributed by atoms with Crippen LogP contribution in [0.2, 0.25) is 0 Å². The summed E-state index contributed by atoms with van der Waals surface area (Å²) in [6, 6.07) is 7.42. The number of benzene rings is 1. The Kier molecular flexibility index (Phi) is 6.20. The smallest absolute Gasteiger partial charge is 0.307 e. The first-order valence-electron chi connectivity index (χ1n) is 7.85. The van der Waals surface area contributed by atoms with Gasteiger partial charge < -0.3 is 14.8 Å². The second-order valence-corrected chi connectivity index (χ2v) is 5.67. The summed E-state index contributed by atoms with van der Waals surface area (Å²) < 4.78 is 10.3. The average Bonchev–Trinajstić information content (AvgIpc) is 3.05. The minimum Gasteiger partial charge on any atom is -0.497 e. The van der Waals surface area contributed by atoms with Crippen molar-refractivity contribution in [2.75, 3.05) is 7.11 Å². The van der Waals surface area contributed by atoms with Gasteiger partial charge in [0.1, 0.15) is 5.75 Å². The summed E-state index contributed by atoms with van der Waals surface area (Å²) in [4.78, 5) is 23.8. The summed E-state index contributed by atoms with van der Waals surface area (Å²) in [5.74, 6) is 0.394. The number of ether oxygens (including phenoxy) is 2. The van der Waals surface area contributed by atoms with Gasteiger partial charge in [-0.2, -0.15) is 0 Å². The Morgan fingerprint density at radius 3 is 2.65 bits per heavy atom. The van der Waals surface area contributed by atoms with E-state index in [9.17, 15) is 9.59 Å². The molecule has 0 unspecified atom stereocenters. The second-order valence-electron chi connectivity index (χ2n) is 5.67. The van der Waals surface area contributed by atoms with Crippen molar-refractivity contribution in [2.45, 2.75) is 38.8 Å². The summed E-state index contributed by atoms with van der Waals surface area (Å²) in [7, 11) is 1.61. The summed E-state index contributed by atoms with van der Waals surface area (Å²) in [6.45, 7) is 1.97. The van der Waals surface area contributed by atoms with E-state index in [0.717, 1.165) is 24.2 Å². The first-order chi connectivity index (χ1) is 11.1. The van der Waals surface area contributed by atoms with Gasteiger partial charge in [0.15, 0.2) is 6.10 Å². The number of carbonyl (C=O) groups is 2. The Hall–Kier alpha value is -2.30. The molecule has 5 nitrogen and oxygen atoms in total. The first kappa shape index (κ1) is 17.1. The van der Waals surface area contributed by atoms with E-state index in [4.69, 9.17) is 9.47 Å². The quantitative estimate of drug-likeness (QED) is 0.620. The molecule has 0 aromatic heterocycles. The van der Waals surface area contributed by atoms with E-state index in [1.54, 1.807) is 14.0 Å². The molecule has 23 heavy (non-hydrogen) atoms. The van der Waals surface area contributed by atoms with Gasteiger partial charge in [0.25, 0.3) is 5.91 Å². The zero-order valence-corrected chi connectivity index (χ0v) is 13.6. The summed E-state index contributed by atoms with van der Waals surface area (Å²) in [6.07, 6.45) is 5.65. The third-order valence-corrected chi connectivity index (χ3v) is 3.84. The van der Waals surface area contributed by atoms with Crippen molar-refractivity contribution in [1.82, 2.24) is 5.32 Å². The van der Waals surface area contributed by atoms with Crippen molar-refractivity contribution in [3.8, 4) is 5.75 Å². The fraction of sp³-hybridized carbons (Fsp3) is 0.444. The Labute approximate surface area is 136 Å². The molecule has 0 radical (unpaired) electrons. The third-order valence-electron chi connectivity index (χ3n) is 3.84. The van der Waals surface area contributed by atoms with Crippen LogP contribution in [0.5, 0.6) is 5.75 Å². The lowest BCUT2D eigenvalue weighted by atomic mass is 10.1. The third kappa shape index (κ3) is 5.43. The van der Waals surface area contributed by atoms with Crippen molar-refractivity contribution < 1.29 is 19.1 Å². The molecule has 5 heteroatoms. The molecule has 0 heterocycles. The summed E-state index contributed by atoms with van der Waals surface area (Å²) >= 11 is 0. The molecular formula is C18H23NO4. The molecule has 1 amide bonds. The van der Waals surface area contributed by atoms with Crippen molar-refractivity contribution in [2.24, 2.45) is 5.92 Å². The minimum atomic E-state index is -0.786. The lowest BCUT2D eigenvalue weighted by molar-refractivity contribution is -0.155. The number of esters is 1. The van der Waals surface area contributed by atoms with E-state index < -0.39 is 6.10 Å². The van der Waals surface area contributed by atoms with Crippen LogP contribution in [-0.2, 0) is 20.9 Å². The van der Waals surface area contributed by atoms with Gasteiger partial charge in [-0.15, -0.1) is 0 Å². The maximum atomic E-state index is 12.0. The maximum absolute atomic E-state index is 12.0. The Balaban J connectivity index is 1.73. The largest absolute Gasteiger partial charge is 0.497 e. The molecule has 124 valence electrons. The molecule has 2 atom stereocenters. The Morgan fingerprint density at radius 2 is 2.04 bits per heavy atom. The predicted octanol–water partition coefficient (Wildman–Crippen LogP) is 2.60. The van der Waals surface area contributed by atoms with Crippen LogP contribution in [0.3, 0.4) is 0 Å². The van der Waals surface area contributed by atoms with Crippen LogP contribution < -0.4 is 10.1 Å². The zero-order valence-electron chi connectivity index (χ0n) is 13.6. The van der Waals surface area contributed by atoms with Gasteiger partial charge in [0.2, 0.25) is 0 Å². The van der Waals surface area contributed by atoms with Crippen LogP contribution in [0, 0.1) is 5.92 Å². The topological polar surface area (TPSA) is 64.6 Å². The number of rotatable bonds is 7. The number of methoxy groups -OCH3 is 1. The monoisotopic (exact) mass is 317 g/mol. The highest BCUT2D eigenvalue weighted by molar-refractivity contribution is 5.83. The van der Waals surface area contributed by atoms with Gasteiger partial charge in [-0.3, -0.25) is 9.59 Å². The minimum absolute atomic E-state index is 0.247. The highest BCUT2D eigenvalue weighted by atomic mass is 16.5. The van der Waals surface area contributed by atoms with E-state index in [0.29, 0.717) is 13.0 Å². The van der Waals surface area contributed by atoms with Crippen LogP contribution in [0.15, 0.2) is 36.4 Å². The van der Waals surface area contributed by atoms with Gasteiger partial charge in [-0.25, -0.2) is 0 Å². The number of amides is 1. The first-order valence-corrected chi connectivity index (χ1v) is 7.85. The van der Waals surface area contributed by atoms with Crippen LogP contribution in [0.4, 0.5) is 0 Å². The molecule has 1 aromatic rings. The van der Waals surface area contributed by atoms with E-state index in [1.165, 1.54) is 0 Å². The fourth-order valence-electron chi connectivity index (χ4n) is 2.45. The van der Waals surface area contributed by atoms with E-state index in [1.807, 2.05) is 30.3 Å². The zero-order chi connectivity index (χ0) is 16.7. The standard InChI is InChI=1S/C18H23NO4/c1-13(23-17(20)11-14-5-3-4-6-14)18(21)19-12-15-7-9-16(22-2)10-8-15/h3,5,7-10,13-14H,4,6,11-12H2,1-2H3,(H,19,21)/t13-,14+/m0/s1. The molecule has 0 fully saturated rings. The average molecular weight is 317 g/mol. The molecule has 0 aliphatic heterocycles. The van der Waals surface area contributed by atoms with Crippen molar-refractivity contribution in [1.29, 1.82) is 0 Å². The molecular weight excluding hydrogens is 294 g/mol. The molecule has 0 saturated carbocycles. The van der Waals surface area contributed by atoms with Crippen molar-refractivity contribution in [3.63, 3.8) is 0 Å². The fourth-order valence-corrected chi connectivity index (χ4v) is 2.45. The normalized spacial score (nSPS) is 17.6.